The van der Waals surface area contributed by atoms with E-state index < -0.39 is 0 Å². The lowest BCUT2D eigenvalue weighted by Crippen LogP contribution is -2.35. The average Bonchev–Trinajstić information content (AvgIpc) is 3.27. The van der Waals surface area contributed by atoms with Gasteiger partial charge in [-0.2, -0.15) is 5.10 Å². The highest BCUT2D eigenvalue weighted by Crippen LogP contribution is 2.24. The number of fused-ring (bicyclic) bond motifs is 1. The van der Waals surface area contributed by atoms with Crippen LogP contribution in [0.2, 0.25) is 0 Å². The molecule has 6 nitrogen and oxygen atoms in total. The molecule has 2 amide bonds. The Hall–Kier alpha value is -3.67. The lowest BCUT2D eigenvalue weighted by molar-refractivity contribution is -0.126. The molecule has 0 saturated carbocycles. The summed E-state index contributed by atoms with van der Waals surface area (Å²) in [7, 11) is 0. The van der Waals surface area contributed by atoms with E-state index in [2.05, 4.69) is 22.1 Å². The van der Waals surface area contributed by atoms with Crippen LogP contribution in [0.25, 0.3) is 11.3 Å². The molecule has 2 heterocycles. The number of aromatic amines is 1. The van der Waals surface area contributed by atoms with Crippen molar-refractivity contribution in [1.82, 2.24) is 20.4 Å². The van der Waals surface area contributed by atoms with Crippen molar-refractivity contribution in [3.63, 3.8) is 0 Å². The van der Waals surface area contributed by atoms with Crippen LogP contribution in [0.15, 0.2) is 67.4 Å². The molecule has 146 valence electrons. The largest absolute Gasteiger partial charge is 0.348 e. The highest BCUT2D eigenvalue weighted by Gasteiger charge is 2.21. The van der Waals surface area contributed by atoms with Crippen molar-refractivity contribution in [2.75, 3.05) is 6.54 Å². The van der Waals surface area contributed by atoms with Gasteiger partial charge in [-0.15, -0.1) is 0 Å². The quantitative estimate of drug-likeness (QED) is 0.662. The number of amides is 2. The number of carbonyl (C=O) groups excluding carboxylic acids is 2. The lowest BCUT2D eigenvalue weighted by Gasteiger charge is -2.29. The third-order valence-corrected chi connectivity index (χ3v) is 5.24. The van der Waals surface area contributed by atoms with Crippen LogP contribution in [0.5, 0.6) is 0 Å². The van der Waals surface area contributed by atoms with Gasteiger partial charge < -0.3 is 10.2 Å². The van der Waals surface area contributed by atoms with Crippen molar-refractivity contribution in [3.05, 3.63) is 89.6 Å². The highest BCUT2D eigenvalue weighted by molar-refractivity contribution is 5.99. The molecule has 1 aliphatic heterocycles. The Bertz CT molecular complexity index is 1060. The zero-order valence-electron chi connectivity index (χ0n) is 16.0. The van der Waals surface area contributed by atoms with Crippen molar-refractivity contribution in [1.29, 1.82) is 0 Å². The summed E-state index contributed by atoms with van der Waals surface area (Å²) in [4.78, 5) is 26.5. The third-order valence-electron chi connectivity index (χ3n) is 5.24. The van der Waals surface area contributed by atoms with E-state index in [0.29, 0.717) is 30.9 Å². The van der Waals surface area contributed by atoms with E-state index in [1.807, 2.05) is 48.5 Å². The van der Waals surface area contributed by atoms with Crippen LogP contribution >= 0.6 is 0 Å². The predicted octanol–water partition coefficient (Wildman–Crippen LogP) is 3.08. The third kappa shape index (κ3) is 3.82. The Balaban J connectivity index is 1.49. The number of benzene rings is 2. The van der Waals surface area contributed by atoms with Crippen LogP contribution in [-0.4, -0.2) is 33.5 Å². The number of hydrogen-bond donors (Lipinski definition) is 2. The van der Waals surface area contributed by atoms with Gasteiger partial charge in [-0.25, -0.2) is 0 Å². The molecule has 4 rings (SSSR count). The van der Waals surface area contributed by atoms with Crippen LogP contribution in [0.3, 0.4) is 0 Å². The molecular formula is C23H22N4O2. The van der Waals surface area contributed by atoms with E-state index in [-0.39, 0.29) is 11.8 Å². The summed E-state index contributed by atoms with van der Waals surface area (Å²) in [6.07, 6.45) is 3.67. The second kappa shape index (κ2) is 8.14. The molecule has 0 bridgehead atoms. The summed E-state index contributed by atoms with van der Waals surface area (Å²) in [5.41, 5.74) is 5.54. The Morgan fingerprint density at radius 1 is 1.17 bits per heavy atom. The number of H-pyrrole nitrogens is 1. The smallest absolute Gasteiger partial charge is 0.255 e. The molecule has 6 heteroatoms. The summed E-state index contributed by atoms with van der Waals surface area (Å²) in [6, 6.07) is 15.7. The van der Waals surface area contributed by atoms with Gasteiger partial charge in [0, 0.05) is 25.2 Å². The summed E-state index contributed by atoms with van der Waals surface area (Å²) in [5, 5.41) is 9.97. The first-order chi connectivity index (χ1) is 14.2. The van der Waals surface area contributed by atoms with Gasteiger partial charge in [0.25, 0.3) is 5.91 Å². The molecule has 0 unspecified atom stereocenters. The fourth-order valence-electron chi connectivity index (χ4n) is 3.73. The second-order valence-corrected chi connectivity index (χ2v) is 6.98. The van der Waals surface area contributed by atoms with E-state index in [0.717, 1.165) is 23.1 Å². The molecule has 2 aromatic carbocycles. The highest BCUT2D eigenvalue weighted by atomic mass is 16.2. The van der Waals surface area contributed by atoms with Gasteiger partial charge in [-0.3, -0.25) is 14.7 Å². The maximum Gasteiger partial charge on any atom is 0.255 e. The monoisotopic (exact) mass is 386 g/mol. The zero-order chi connectivity index (χ0) is 20.2. The minimum atomic E-state index is -0.172. The summed E-state index contributed by atoms with van der Waals surface area (Å²) in [6.45, 7) is 5.22. The lowest BCUT2D eigenvalue weighted by atomic mass is 9.94. The molecule has 29 heavy (non-hydrogen) atoms. The van der Waals surface area contributed by atoms with E-state index in [1.165, 1.54) is 11.6 Å². The van der Waals surface area contributed by atoms with Crippen molar-refractivity contribution in [2.45, 2.75) is 19.5 Å². The molecule has 0 atom stereocenters. The Morgan fingerprint density at radius 3 is 2.79 bits per heavy atom. The fourth-order valence-corrected chi connectivity index (χ4v) is 3.73. The van der Waals surface area contributed by atoms with E-state index in [1.54, 1.807) is 11.1 Å². The van der Waals surface area contributed by atoms with Crippen LogP contribution in [0, 0.1) is 0 Å². The molecule has 2 N–H and O–H groups in total. The first-order valence-electron chi connectivity index (χ1n) is 9.55. The van der Waals surface area contributed by atoms with Crippen molar-refractivity contribution in [2.24, 2.45) is 0 Å². The van der Waals surface area contributed by atoms with Crippen LogP contribution < -0.4 is 5.32 Å². The van der Waals surface area contributed by atoms with Gasteiger partial charge in [0.1, 0.15) is 0 Å². The normalized spacial score (nSPS) is 12.9. The maximum atomic E-state index is 12.8. The van der Waals surface area contributed by atoms with Crippen LogP contribution in [0.1, 0.15) is 27.0 Å². The summed E-state index contributed by atoms with van der Waals surface area (Å²) in [5.74, 6) is -0.225. The molecule has 1 aliphatic rings. The number of aromatic nitrogens is 2. The molecular weight excluding hydrogens is 364 g/mol. The SMILES string of the molecule is C=CC(=O)N1CCc2c(CNC(=O)c3cn[nH]c3-c3ccccc3)cccc2C1. The van der Waals surface area contributed by atoms with E-state index >= 15 is 0 Å². The van der Waals surface area contributed by atoms with E-state index in [9.17, 15) is 9.59 Å². The number of carbonyl (C=O) groups is 2. The van der Waals surface area contributed by atoms with Gasteiger partial charge in [0.2, 0.25) is 5.91 Å². The topological polar surface area (TPSA) is 78.1 Å². The number of nitrogens with zero attached hydrogens (tertiary/aromatic N) is 2. The van der Waals surface area contributed by atoms with Gasteiger partial charge in [-0.1, -0.05) is 55.1 Å². The summed E-state index contributed by atoms with van der Waals surface area (Å²) < 4.78 is 0. The Labute approximate surface area is 169 Å². The van der Waals surface area contributed by atoms with Crippen molar-refractivity contribution < 1.29 is 9.59 Å². The zero-order valence-corrected chi connectivity index (χ0v) is 16.0. The molecule has 3 aromatic rings. The van der Waals surface area contributed by atoms with Crippen LogP contribution in [-0.2, 0) is 24.3 Å². The fraction of sp³-hybridized carbons (Fsp3) is 0.174. The van der Waals surface area contributed by atoms with Gasteiger partial charge in [0.15, 0.2) is 0 Å². The first kappa shape index (κ1) is 18.7. The second-order valence-electron chi connectivity index (χ2n) is 6.98. The number of hydrogen-bond acceptors (Lipinski definition) is 3. The minimum absolute atomic E-state index is 0.0530. The van der Waals surface area contributed by atoms with Crippen LogP contribution in [0.4, 0.5) is 0 Å². The first-order valence-corrected chi connectivity index (χ1v) is 9.55. The van der Waals surface area contributed by atoms with Gasteiger partial charge in [-0.05, 0) is 29.2 Å². The molecule has 0 fully saturated rings. The van der Waals surface area contributed by atoms with Gasteiger partial charge >= 0.3 is 0 Å². The van der Waals surface area contributed by atoms with Crippen molar-refractivity contribution >= 4 is 11.8 Å². The number of rotatable bonds is 5. The Kier molecular flexibility index (Phi) is 5.24. The number of nitrogens with one attached hydrogen (secondary N) is 2. The molecule has 0 spiro atoms. The van der Waals surface area contributed by atoms with Crippen molar-refractivity contribution in [3.8, 4) is 11.3 Å². The maximum absolute atomic E-state index is 12.8. The summed E-state index contributed by atoms with van der Waals surface area (Å²) >= 11 is 0. The standard InChI is InChI=1S/C23H22N4O2/c1-2-21(28)27-12-11-19-17(9-6-10-18(19)15-27)13-24-23(29)20-14-25-26-22(20)16-7-4-3-5-8-16/h2-10,14H,1,11-13,15H2,(H,24,29)(H,25,26). The van der Waals surface area contributed by atoms with E-state index in [4.69, 9.17) is 0 Å². The minimum Gasteiger partial charge on any atom is -0.348 e. The average molecular weight is 386 g/mol. The molecule has 0 saturated heterocycles. The van der Waals surface area contributed by atoms with Gasteiger partial charge in [0.05, 0.1) is 17.5 Å². The molecule has 1 aromatic heterocycles. The Morgan fingerprint density at radius 2 is 2.00 bits per heavy atom. The molecule has 0 radical (unpaired) electrons. The predicted molar refractivity (Wildman–Crippen MR) is 111 cm³/mol. The molecule has 0 aliphatic carbocycles.